The molecule has 0 saturated heterocycles. The topological polar surface area (TPSA) is 118 Å². The van der Waals surface area contributed by atoms with Gasteiger partial charge in [-0.2, -0.15) is 5.10 Å². The van der Waals surface area contributed by atoms with Crippen LogP contribution in [0.2, 0.25) is 0 Å². The summed E-state index contributed by atoms with van der Waals surface area (Å²) in [6.07, 6.45) is 3.04. The first kappa shape index (κ1) is 23.4. The summed E-state index contributed by atoms with van der Waals surface area (Å²) in [4.78, 5) is 35.5. The average molecular weight is 426 g/mol. The second kappa shape index (κ2) is 12.6. The Hall–Kier alpha value is -3.88. The zero-order chi connectivity index (χ0) is 22.5. The van der Waals surface area contributed by atoms with Gasteiger partial charge < -0.3 is 20.1 Å². The van der Waals surface area contributed by atoms with Crippen LogP contribution in [0.15, 0.2) is 53.6 Å². The molecule has 0 aliphatic rings. The Balaban J connectivity index is 1.88. The molecule has 2 aromatic rings. The van der Waals surface area contributed by atoms with E-state index >= 15 is 0 Å². The molecule has 2 rings (SSSR count). The van der Waals surface area contributed by atoms with Gasteiger partial charge in [-0.05, 0) is 30.7 Å². The van der Waals surface area contributed by atoms with Crippen molar-refractivity contribution in [3.05, 3.63) is 54.1 Å². The number of nitrogens with zero attached hydrogens (tertiary/aromatic N) is 1. The zero-order valence-corrected chi connectivity index (χ0v) is 17.5. The Bertz CT molecular complexity index is 930. The van der Waals surface area contributed by atoms with Crippen LogP contribution in [-0.2, 0) is 14.4 Å². The molecule has 3 amide bonds. The van der Waals surface area contributed by atoms with E-state index in [-0.39, 0.29) is 12.5 Å². The van der Waals surface area contributed by atoms with Crippen molar-refractivity contribution in [1.29, 1.82) is 0 Å². The number of carbonyl (C=O) groups excluding carboxylic acids is 3. The number of ether oxygens (including phenoxy) is 2. The maximum atomic E-state index is 12.2. The number of anilines is 1. The van der Waals surface area contributed by atoms with Crippen LogP contribution in [0.1, 0.15) is 25.3 Å². The Morgan fingerprint density at radius 1 is 1.06 bits per heavy atom. The molecule has 9 nitrogen and oxygen atoms in total. The molecule has 0 bridgehead atoms. The minimum atomic E-state index is -0.858. The monoisotopic (exact) mass is 426 g/mol. The smallest absolute Gasteiger partial charge is 0.329 e. The highest BCUT2D eigenvalue weighted by Crippen LogP contribution is 2.18. The average Bonchev–Trinajstić information content (AvgIpc) is 2.78. The van der Waals surface area contributed by atoms with Crippen molar-refractivity contribution in [3.8, 4) is 11.5 Å². The molecule has 31 heavy (non-hydrogen) atoms. The first-order valence-electron chi connectivity index (χ1n) is 9.80. The molecular formula is C22H26N4O5. The molecule has 0 aromatic heterocycles. The lowest BCUT2D eigenvalue weighted by atomic mass is 10.2. The van der Waals surface area contributed by atoms with E-state index in [4.69, 9.17) is 9.47 Å². The number of para-hydroxylation sites is 1. The Morgan fingerprint density at radius 3 is 2.65 bits per heavy atom. The van der Waals surface area contributed by atoms with Crippen LogP contribution in [0.3, 0.4) is 0 Å². The highest BCUT2D eigenvalue weighted by molar-refractivity contribution is 6.35. The van der Waals surface area contributed by atoms with E-state index in [0.29, 0.717) is 29.3 Å². The third kappa shape index (κ3) is 8.17. The van der Waals surface area contributed by atoms with Crippen LogP contribution in [0, 0.1) is 0 Å². The van der Waals surface area contributed by atoms with Gasteiger partial charge in [0.05, 0.1) is 13.3 Å². The molecule has 0 spiro atoms. The van der Waals surface area contributed by atoms with Crippen molar-refractivity contribution in [2.75, 3.05) is 25.6 Å². The molecule has 9 heteroatoms. The summed E-state index contributed by atoms with van der Waals surface area (Å²) in [5.41, 5.74) is 3.28. The molecular weight excluding hydrogens is 400 g/mol. The number of hydrazone groups is 1. The van der Waals surface area contributed by atoms with Crippen LogP contribution in [0.4, 0.5) is 5.69 Å². The summed E-state index contributed by atoms with van der Waals surface area (Å²) in [6.45, 7) is 2.19. The van der Waals surface area contributed by atoms with Crippen LogP contribution in [0.25, 0.3) is 0 Å². The van der Waals surface area contributed by atoms with Gasteiger partial charge in [-0.25, -0.2) is 5.43 Å². The second-order valence-corrected chi connectivity index (χ2v) is 6.42. The summed E-state index contributed by atoms with van der Waals surface area (Å²) in [7, 11) is 1.55. The molecule has 3 N–H and O–H groups in total. The summed E-state index contributed by atoms with van der Waals surface area (Å²) in [5.74, 6) is -0.931. The van der Waals surface area contributed by atoms with Crippen molar-refractivity contribution < 1.29 is 23.9 Å². The maximum absolute atomic E-state index is 12.2. The van der Waals surface area contributed by atoms with Gasteiger partial charge in [0.2, 0.25) is 0 Å². The second-order valence-electron chi connectivity index (χ2n) is 6.42. The van der Waals surface area contributed by atoms with Crippen molar-refractivity contribution >= 4 is 29.6 Å². The van der Waals surface area contributed by atoms with Gasteiger partial charge in [0.25, 0.3) is 5.91 Å². The lowest BCUT2D eigenvalue weighted by Crippen LogP contribution is -2.38. The fourth-order valence-electron chi connectivity index (χ4n) is 2.43. The number of methoxy groups -OCH3 is 1. The Labute approximate surface area is 180 Å². The van der Waals surface area contributed by atoms with Crippen molar-refractivity contribution in [2.24, 2.45) is 5.10 Å². The number of nitrogens with one attached hydrogen (secondary N) is 3. The molecule has 2 aromatic carbocycles. The highest BCUT2D eigenvalue weighted by atomic mass is 16.5. The molecule has 164 valence electrons. The number of benzene rings is 2. The van der Waals surface area contributed by atoms with Gasteiger partial charge in [0.1, 0.15) is 11.5 Å². The van der Waals surface area contributed by atoms with Crippen LogP contribution in [0.5, 0.6) is 11.5 Å². The summed E-state index contributed by atoms with van der Waals surface area (Å²) in [5, 5.41) is 9.01. The summed E-state index contributed by atoms with van der Waals surface area (Å²) in [6, 6.07) is 13.8. The predicted molar refractivity (Wildman–Crippen MR) is 117 cm³/mol. The van der Waals surface area contributed by atoms with Crippen LogP contribution < -0.4 is 25.5 Å². The van der Waals surface area contributed by atoms with Gasteiger partial charge in [0.15, 0.2) is 6.61 Å². The molecule has 0 fully saturated rings. The molecule has 0 heterocycles. The minimum absolute atomic E-state index is 0.228. The first-order valence-corrected chi connectivity index (χ1v) is 9.80. The lowest BCUT2D eigenvalue weighted by Gasteiger charge is -2.10. The van der Waals surface area contributed by atoms with Crippen molar-refractivity contribution in [2.45, 2.75) is 19.8 Å². The third-order valence-corrected chi connectivity index (χ3v) is 4.02. The Morgan fingerprint density at radius 2 is 1.87 bits per heavy atom. The van der Waals surface area contributed by atoms with E-state index in [2.05, 4.69) is 21.2 Å². The van der Waals surface area contributed by atoms with E-state index in [9.17, 15) is 14.4 Å². The van der Waals surface area contributed by atoms with E-state index in [0.717, 1.165) is 12.8 Å². The fourth-order valence-corrected chi connectivity index (χ4v) is 2.43. The van der Waals surface area contributed by atoms with Crippen LogP contribution in [-0.4, -0.2) is 44.2 Å². The Kier molecular flexibility index (Phi) is 9.54. The quantitative estimate of drug-likeness (QED) is 0.233. The molecule has 0 aliphatic heterocycles. The van der Waals surface area contributed by atoms with Gasteiger partial charge in [-0.15, -0.1) is 0 Å². The fraction of sp³-hybridized carbons (Fsp3) is 0.273. The number of amides is 3. The highest BCUT2D eigenvalue weighted by Gasteiger charge is 2.11. The number of unbranched alkanes of at least 4 members (excludes halogenated alkanes) is 1. The maximum Gasteiger partial charge on any atom is 0.329 e. The molecule has 0 atom stereocenters. The SMILES string of the molecule is CCCCNC(=O)C(=O)N/N=C\c1ccccc1OCC(=O)Nc1cccc(OC)c1. The summed E-state index contributed by atoms with van der Waals surface area (Å²) < 4.78 is 10.7. The van der Waals surface area contributed by atoms with E-state index in [1.165, 1.54) is 6.21 Å². The third-order valence-electron chi connectivity index (χ3n) is 4.02. The number of hydrogen-bond donors (Lipinski definition) is 3. The van der Waals surface area contributed by atoms with E-state index in [1.54, 1.807) is 55.6 Å². The number of carbonyl (C=O) groups is 3. The standard InChI is InChI=1S/C22H26N4O5/c1-3-4-12-23-21(28)22(29)26-24-14-16-8-5-6-11-19(16)31-15-20(27)25-17-9-7-10-18(13-17)30-2/h5-11,13-14H,3-4,12,15H2,1-2H3,(H,23,28)(H,25,27)(H,26,29)/b24-14-. The van der Waals surface area contributed by atoms with Crippen LogP contribution >= 0.6 is 0 Å². The van der Waals surface area contributed by atoms with Crippen molar-refractivity contribution in [1.82, 2.24) is 10.7 Å². The van der Waals surface area contributed by atoms with Gasteiger partial charge >= 0.3 is 11.8 Å². The zero-order valence-electron chi connectivity index (χ0n) is 17.5. The minimum Gasteiger partial charge on any atom is -0.497 e. The number of rotatable bonds is 10. The normalized spacial score (nSPS) is 10.4. The molecule has 0 unspecified atom stereocenters. The molecule has 0 saturated carbocycles. The van der Waals surface area contributed by atoms with E-state index in [1.807, 2.05) is 6.92 Å². The van der Waals surface area contributed by atoms with Crippen molar-refractivity contribution in [3.63, 3.8) is 0 Å². The van der Waals surface area contributed by atoms with Gasteiger partial charge in [0, 0.05) is 23.9 Å². The van der Waals surface area contributed by atoms with Gasteiger partial charge in [-0.1, -0.05) is 31.5 Å². The largest absolute Gasteiger partial charge is 0.497 e. The van der Waals surface area contributed by atoms with E-state index < -0.39 is 11.8 Å². The molecule has 0 radical (unpaired) electrons. The first-order chi connectivity index (χ1) is 15.0. The lowest BCUT2D eigenvalue weighted by molar-refractivity contribution is -0.139. The molecule has 0 aliphatic carbocycles. The number of hydrogen-bond acceptors (Lipinski definition) is 6. The van der Waals surface area contributed by atoms with Gasteiger partial charge in [-0.3, -0.25) is 14.4 Å². The predicted octanol–water partition coefficient (Wildman–Crippen LogP) is 2.08. The summed E-state index contributed by atoms with van der Waals surface area (Å²) >= 11 is 0.